The average molecular weight is 169 g/mol. The summed E-state index contributed by atoms with van der Waals surface area (Å²) in [7, 11) is 1.64. The largest absolute Gasteiger partial charge is 0.305 e. The Hall–Kier alpha value is -1.76. The minimum Gasteiger partial charge on any atom is -0.290 e. The maximum atomic E-state index is 10.2. The van der Waals surface area contributed by atoms with Crippen LogP contribution in [0.5, 0.6) is 0 Å². The van der Waals surface area contributed by atoms with E-state index >= 15 is 0 Å². The molecular formula is C5H7N5O2. The van der Waals surface area contributed by atoms with Gasteiger partial charge in [0.2, 0.25) is 5.95 Å². The first-order chi connectivity index (χ1) is 5.74. The lowest BCUT2D eigenvalue weighted by molar-refractivity contribution is -0.385. The Labute approximate surface area is 68.0 Å². The van der Waals surface area contributed by atoms with Crippen molar-refractivity contribution in [3.05, 3.63) is 22.5 Å². The molecule has 0 aliphatic heterocycles. The SMILES string of the molecule is CNNc1ncc([N+](=O)[O-])cn1. The fourth-order valence-corrected chi connectivity index (χ4v) is 0.592. The van der Waals surface area contributed by atoms with Crippen molar-refractivity contribution < 1.29 is 4.92 Å². The van der Waals surface area contributed by atoms with E-state index in [2.05, 4.69) is 20.8 Å². The van der Waals surface area contributed by atoms with Crippen molar-refractivity contribution in [3.63, 3.8) is 0 Å². The van der Waals surface area contributed by atoms with Crippen LogP contribution in [-0.4, -0.2) is 21.9 Å². The number of hydrogen-bond donors (Lipinski definition) is 2. The molecular weight excluding hydrogens is 162 g/mol. The first-order valence-electron chi connectivity index (χ1n) is 3.13. The molecule has 0 aliphatic rings. The summed E-state index contributed by atoms with van der Waals surface area (Å²) in [5.41, 5.74) is 5.04. The Morgan fingerprint density at radius 1 is 1.50 bits per heavy atom. The third-order valence-corrected chi connectivity index (χ3v) is 1.09. The normalized spacial score (nSPS) is 9.42. The van der Waals surface area contributed by atoms with Crippen molar-refractivity contribution in [2.45, 2.75) is 0 Å². The molecule has 0 aromatic carbocycles. The second-order valence-corrected chi connectivity index (χ2v) is 1.90. The molecule has 2 N–H and O–H groups in total. The number of hydrazine groups is 1. The summed E-state index contributed by atoms with van der Waals surface area (Å²) in [5, 5.41) is 10.2. The second-order valence-electron chi connectivity index (χ2n) is 1.90. The van der Waals surface area contributed by atoms with Crippen LogP contribution < -0.4 is 10.9 Å². The van der Waals surface area contributed by atoms with Gasteiger partial charge in [-0.15, -0.1) is 0 Å². The fraction of sp³-hybridized carbons (Fsp3) is 0.200. The van der Waals surface area contributed by atoms with Crippen LogP contribution in [0.1, 0.15) is 0 Å². The summed E-state index contributed by atoms with van der Waals surface area (Å²) in [6.45, 7) is 0. The molecule has 1 heterocycles. The minimum atomic E-state index is -0.552. The van der Waals surface area contributed by atoms with Crippen molar-refractivity contribution in [1.29, 1.82) is 0 Å². The van der Waals surface area contributed by atoms with E-state index in [9.17, 15) is 10.1 Å². The van der Waals surface area contributed by atoms with Crippen molar-refractivity contribution >= 4 is 11.6 Å². The van der Waals surface area contributed by atoms with E-state index < -0.39 is 4.92 Å². The first-order valence-corrected chi connectivity index (χ1v) is 3.13. The monoisotopic (exact) mass is 169 g/mol. The van der Waals surface area contributed by atoms with E-state index in [-0.39, 0.29) is 5.69 Å². The summed E-state index contributed by atoms with van der Waals surface area (Å²) < 4.78 is 0. The average Bonchev–Trinajstić information content (AvgIpc) is 2.06. The lowest BCUT2D eigenvalue weighted by Gasteiger charge is -1.99. The van der Waals surface area contributed by atoms with Crippen molar-refractivity contribution in [2.24, 2.45) is 0 Å². The third-order valence-electron chi connectivity index (χ3n) is 1.09. The highest BCUT2D eigenvalue weighted by Crippen LogP contribution is 2.06. The van der Waals surface area contributed by atoms with Gasteiger partial charge in [-0.05, 0) is 0 Å². The molecule has 7 nitrogen and oxygen atoms in total. The highest BCUT2D eigenvalue weighted by molar-refractivity contribution is 5.29. The number of aromatic nitrogens is 2. The smallest absolute Gasteiger partial charge is 0.290 e. The Balaban J connectivity index is 2.78. The van der Waals surface area contributed by atoms with E-state index in [0.717, 1.165) is 12.4 Å². The molecule has 0 fully saturated rings. The van der Waals surface area contributed by atoms with Crippen LogP contribution in [0.25, 0.3) is 0 Å². The molecule has 0 radical (unpaired) electrons. The van der Waals surface area contributed by atoms with Gasteiger partial charge in [-0.1, -0.05) is 0 Å². The molecule has 12 heavy (non-hydrogen) atoms. The number of rotatable bonds is 3. The van der Waals surface area contributed by atoms with Crippen molar-refractivity contribution in [2.75, 3.05) is 12.5 Å². The predicted octanol–water partition coefficient (Wildman–Crippen LogP) is -0.0689. The summed E-state index contributed by atoms with van der Waals surface area (Å²) >= 11 is 0. The van der Waals surface area contributed by atoms with Crippen molar-refractivity contribution in [1.82, 2.24) is 15.4 Å². The Kier molecular flexibility index (Phi) is 2.49. The highest BCUT2D eigenvalue weighted by Gasteiger charge is 2.05. The van der Waals surface area contributed by atoms with Gasteiger partial charge >= 0.3 is 5.69 Å². The van der Waals surface area contributed by atoms with Gasteiger partial charge in [0.05, 0.1) is 4.92 Å². The van der Waals surface area contributed by atoms with Gasteiger partial charge < -0.3 is 0 Å². The standard InChI is InChI=1S/C5H7N5O2/c1-6-9-5-7-2-4(3-8-5)10(11)12/h2-3,6H,1H3,(H,7,8,9). The number of anilines is 1. The first kappa shape index (κ1) is 8.34. The number of nitrogens with one attached hydrogen (secondary N) is 2. The number of nitrogens with zero attached hydrogens (tertiary/aromatic N) is 3. The van der Waals surface area contributed by atoms with Crippen molar-refractivity contribution in [3.8, 4) is 0 Å². The van der Waals surface area contributed by atoms with E-state index in [0.29, 0.717) is 5.95 Å². The van der Waals surface area contributed by atoms with Crippen LogP contribution in [-0.2, 0) is 0 Å². The topological polar surface area (TPSA) is 93.0 Å². The van der Waals surface area contributed by atoms with Gasteiger partial charge in [-0.3, -0.25) is 15.5 Å². The predicted molar refractivity (Wildman–Crippen MR) is 41.4 cm³/mol. The zero-order valence-corrected chi connectivity index (χ0v) is 6.31. The highest BCUT2D eigenvalue weighted by atomic mass is 16.6. The van der Waals surface area contributed by atoms with Gasteiger partial charge in [0.15, 0.2) is 0 Å². The molecule has 0 atom stereocenters. The molecule has 1 aromatic heterocycles. The van der Waals surface area contributed by atoms with Crippen LogP contribution in [0.3, 0.4) is 0 Å². The lowest BCUT2D eigenvalue weighted by Crippen LogP contribution is -2.17. The molecule has 0 saturated heterocycles. The number of nitro groups is 1. The molecule has 0 amide bonds. The van der Waals surface area contributed by atoms with Gasteiger partial charge in [0, 0.05) is 7.05 Å². The fourth-order valence-electron chi connectivity index (χ4n) is 0.592. The molecule has 0 spiro atoms. The summed E-state index contributed by atoms with van der Waals surface area (Å²) in [5.74, 6) is 0.295. The molecule has 64 valence electrons. The third kappa shape index (κ3) is 1.86. The minimum absolute atomic E-state index is 0.128. The molecule has 0 saturated carbocycles. The van der Waals surface area contributed by atoms with Gasteiger partial charge in [-0.2, -0.15) is 0 Å². The molecule has 0 bridgehead atoms. The second kappa shape index (κ2) is 3.58. The van der Waals surface area contributed by atoms with Crippen LogP contribution in [0, 0.1) is 10.1 Å². The lowest BCUT2D eigenvalue weighted by atomic mass is 10.6. The number of hydrogen-bond acceptors (Lipinski definition) is 6. The van der Waals surface area contributed by atoms with Gasteiger partial charge in [-0.25, -0.2) is 15.4 Å². The zero-order valence-electron chi connectivity index (χ0n) is 6.31. The zero-order chi connectivity index (χ0) is 8.97. The van der Waals surface area contributed by atoms with E-state index in [1.165, 1.54) is 0 Å². The Morgan fingerprint density at radius 2 is 2.08 bits per heavy atom. The quantitative estimate of drug-likeness (QED) is 0.486. The maximum absolute atomic E-state index is 10.2. The Morgan fingerprint density at radius 3 is 2.50 bits per heavy atom. The molecule has 1 aromatic rings. The molecule has 7 heteroatoms. The van der Waals surface area contributed by atoms with E-state index in [1.54, 1.807) is 7.05 Å². The van der Waals surface area contributed by atoms with E-state index in [4.69, 9.17) is 0 Å². The van der Waals surface area contributed by atoms with Gasteiger partial charge in [0.1, 0.15) is 12.4 Å². The molecule has 0 aliphatic carbocycles. The van der Waals surface area contributed by atoms with E-state index in [1.807, 2.05) is 0 Å². The van der Waals surface area contributed by atoms with Crippen LogP contribution >= 0.6 is 0 Å². The summed E-state index contributed by atoms with van der Waals surface area (Å²) in [6, 6.07) is 0. The van der Waals surface area contributed by atoms with Crippen LogP contribution in [0.2, 0.25) is 0 Å². The van der Waals surface area contributed by atoms with Gasteiger partial charge in [0.25, 0.3) is 0 Å². The Bertz CT molecular complexity index is 272. The maximum Gasteiger partial charge on any atom is 0.305 e. The van der Waals surface area contributed by atoms with Crippen LogP contribution in [0.4, 0.5) is 11.6 Å². The summed E-state index contributed by atoms with van der Waals surface area (Å²) in [4.78, 5) is 16.9. The summed E-state index contributed by atoms with van der Waals surface area (Å²) in [6.07, 6.45) is 2.26. The molecule has 0 unspecified atom stereocenters. The van der Waals surface area contributed by atoms with Crippen LogP contribution in [0.15, 0.2) is 12.4 Å². The molecule has 1 rings (SSSR count).